The van der Waals surface area contributed by atoms with Gasteiger partial charge in [0.1, 0.15) is 6.54 Å². The predicted octanol–water partition coefficient (Wildman–Crippen LogP) is 2.47. The van der Waals surface area contributed by atoms with Crippen molar-refractivity contribution in [1.82, 2.24) is 10.2 Å². The molecule has 1 aliphatic carbocycles. The van der Waals surface area contributed by atoms with Gasteiger partial charge in [0.25, 0.3) is 0 Å². The number of halogens is 1. The van der Waals surface area contributed by atoms with Crippen LogP contribution in [-0.2, 0) is 14.4 Å². The van der Waals surface area contributed by atoms with Crippen molar-refractivity contribution >= 4 is 29.3 Å². The summed E-state index contributed by atoms with van der Waals surface area (Å²) in [6, 6.07) is 6.94. The number of imide groups is 1. The first-order valence-corrected chi connectivity index (χ1v) is 8.41. The van der Waals surface area contributed by atoms with Crippen LogP contribution in [0.1, 0.15) is 31.4 Å². The fraction of sp³-hybridized carbons (Fsp3) is 0.389. The standard InChI is InChI=1S/C18H19ClN2O3/c1-11(12-6-4-5-9-15(12)19)20-16(22)10-21-17(23)13-7-2-3-8-14(13)18(21)24/h2-6,9,11,13-14H,7-8,10H2,1H3,(H,20,22)/t11-,13-,14+/m0/s1. The Bertz CT molecular complexity index is 690. The molecule has 3 rings (SSSR count). The number of hydrogen-bond acceptors (Lipinski definition) is 3. The molecular weight excluding hydrogens is 328 g/mol. The maximum absolute atomic E-state index is 12.4. The molecule has 1 aromatic rings. The van der Waals surface area contributed by atoms with E-state index in [9.17, 15) is 14.4 Å². The zero-order chi connectivity index (χ0) is 17.3. The number of carbonyl (C=O) groups excluding carboxylic acids is 3. The highest BCUT2D eigenvalue weighted by Gasteiger charge is 2.47. The Morgan fingerprint density at radius 1 is 1.21 bits per heavy atom. The van der Waals surface area contributed by atoms with E-state index in [0.717, 1.165) is 10.5 Å². The normalized spacial score (nSPS) is 24.0. The molecule has 1 heterocycles. The summed E-state index contributed by atoms with van der Waals surface area (Å²) in [5.41, 5.74) is 0.796. The number of likely N-dealkylation sites (tertiary alicyclic amines) is 1. The highest BCUT2D eigenvalue weighted by Crippen LogP contribution is 2.34. The van der Waals surface area contributed by atoms with Gasteiger partial charge in [0.05, 0.1) is 17.9 Å². The van der Waals surface area contributed by atoms with Crippen molar-refractivity contribution < 1.29 is 14.4 Å². The van der Waals surface area contributed by atoms with Crippen molar-refractivity contribution in [3.63, 3.8) is 0 Å². The molecule has 3 atom stereocenters. The van der Waals surface area contributed by atoms with Crippen LogP contribution in [0.4, 0.5) is 0 Å². The number of hydrogen-bond donors (Lipinski definition) is 1. The monoisotopic (exact) mass is 346 g/mol. The van der Waals surface area contributed by atoms with Gasteiger partial charge in [-0.15, -0.1) is 0 Å². The van der Waals surface area contributed by atoms with E-state index in [4.69, 9.17) is 11.6 Å². The molecule has 0 aromatic heterocycles. The van der Waals surface area contributed by atoms with Crippen LogP contribution in [0.5, 0.6) is 0 Å². The summed E-state index contributed by atoms with van der Waals surface area (Å²) >= 11 is 6.13. The largest absolute Gasteiger partial charge is 0.348 e. The lowest BCUT2D eigenvalue weighted by atomic mass is 9.85. The van der Waals surface area contributed by atoms with Crippen LogP contribution < -0.4 is 5.32 Å². The van der Waals surface area contributed by atoms with Gasteiger partial charge >= 0.3 is 0 Å². The molecule has 0 saturated carbocycles. The molecule has 1 saturated heterocycles. The summed E-state index contributed by atoms with van der Waals surface area (Å²) in [5, 5.41) is 3.37. The number of nitrogens with zero attached hydrogens (tertiary/aromatic N) is 1. The second kappa shape index (κ2) is 6.77. The Morgan fingerprint density at radius 2 is 1.79 bits per heavy atom. The van der Waals surface area contributed by atoms with Crippen LogP contribution in [0.25, 0.3) is 0 Å². The van der Waals surface area contributed by atoms with Gasteiger partial charge in [-0.3, -0.25) is 19.3 Å². The Labute approximate surface area is 145 Å². The highest BCUT2D eigenvalue weighted by molar-refractivity contribution is 6.31. The van der Waals surface area contributed by atoms with Crippen molar-refractivity contribution in [1.29, 1.82) is 0 Å². The summed E-state index contributed by atoms with van der Waals surface area (Å²) in [6.07, 6.45) is 5.00. The second-order valence-electron chi connectivity index (χ2n) is 6.23. The average Bonchev–Trinajstić information content (AvgIpc) is 2.80. The van der Waals surface area contributed by atoms with Crippen molar-refractivity contribution in [3.05, 3.63) is 47.0 Å². The molecule has 24 heavy (non-hydrogen) atoms. The lowest BCUT2D eigenvalue weighted by Crippen LogP contribution is -2.41. The molecule has 6 heteroatoms. The fourth-order valence-corrected chi connectivity index (χ4v) is 3.66. The Hall–Kier alpha value is -2.14. The van der Waals surface area contributed by atoms with Crippen molar-refractivity contribution in [3.8, 4) is 0 Å². The maximum Gasteiger partial charge on any atom is 0.240 e. The number of benzene rings is 1. The Kier molecular flexibility index (Phi) is 4.71. The first-order chi connectivity index (χ1) is 11.5. The van der Waals surface area contributed by atoms with Crippen molar-refractivity contribution in [2.45, 2.75) is 25.8 Å². The number of rotatable bonds is 4. The van der Waals surface area contributed by atoms with Gasteiger partial charge < -0.3 is 5.32 Å². The van der Waals surface area contributed by atoms with E-state index in [1.165, 1.54) is 0 Å². The van der Waals surface area contributed by atoms with Gasteiger partial charge in [0.15, 0.2) is 0 Å². The molecule has 0 radical (unpaired) electrons. The Morgan fingerprint density at radius 3 is 2.38 bits per heavy atom. The van der Waals surface area contributed by atoms with Gasteiger partial charge in [-0.2, -0.15) is 0 Å². The topological polar surface area (TPSA) is 66.5 Å². The van der Waals surface area contributed by atoms with Crippen LogP contribution in [0.2, 0.25) is 5.02 Å². The first-order valence-electron chi connectivity index (χ1n) is 8.03. The van der Waals surface area contributed by atoms with Crippen LogP contribution >= 0.6 is 11.6 Å². The number of carbonyl (C=O) groups is 3. The molecule has 0 spiro atoms. The molecule has 0 bridgehead atoms. The van der Waals surface area contributed by atoms with Gasteiger partial charge in [0, 0.05) is 5.02 Å². The van der Waals surface area contributed by atoms with E-state index in [2.05, 4.69) is 5.32 Å². The number of fused-ring (bicyclic) bond motifs is 1. The highest BCUT2D eigenvalue weighted by atomic mass is 35.5. The minimum Gasteiger partial charge on any atom is -0.348 e. The fourth-order valence-electron chi connectivity index (χ4n) is 3.36. The molecule has 5 nitrogen and oxygen atoms in total. The van der Waals surface area contributed by atoms with Gasteiger partial charge in [-0.25, -0.2) is 0 Å². The lowest BCUT2D eigenvalue weighted by molar-refractivity contribution is -0.143. The second-order valence-corrected chi connectivity index (χ2v) is 6.64. The molecule has 3 amide bonds. The van der Waals surface area contributed by atoms with Gasteiger partial charge in [-0.05, 0) is 31.4 Å². The molecule has 1 N–H and O–H groups in total. The van der Waals surface area contributed by atoms with Gasteiger partial charge in [0.2, 0.25) is 17.7 Å². The quantitative estimate of drug-likeness (QED) is 0.672. The summed E-state index contributed by atoms with van der Waals surface area (Å²) in [4.78, 5) is 38.1. The maximum atomic E-state index is 12.4. The van der Waals surface area contributed by atoms with Crippen LogP contribution in [0, 0.1) is 11.8 Å². The molecule has 126 valence electrons. The van der Waals surface area contributed by atoms with Crippen molar-refractivity contribution in [2.24, 2.45) is 11.8 Å². The van der Waals surface area contributed by atoms with Crippen molar-refractivity contribution in [2.75, 3.05) is 6.54 Å². The molecule has 2 aliphatic rings. The number of nitrogens with one attached hydrogen (secondary N) is 1. The smallest absolute Gasteiger partial charge is 0.240 e. The third kappa shape index (κ3) is 3.08. The summed E-state index contributed by atoms with van der Waals surface area (Å²) in [5.74, 6) is -1.46. The number of allylic oxidation sites excluding steroid dienone is 2. The third-order valence-corrected chi connectivity index (χ3v) is 4.99. The average molecular weight is 347 g/mol. The zero-order valence-electron chi connectivity index (χ0n) is 13.4. The first kappa shape index (κ1) is 16.7. The SMILES string of the molecule is C[C@H](NC(=O)CN1C(=O)[C@H]2CC=CC[C@H]2C1=O)c1ccccc1Cl. The van der Waals surface area contributed by atoms with E-state index in [0.29, 0.717) is 17.9 Å². The lowest BCUT2D eigenvalue weighted by Gasteiger charge is -2.19. The van der Waals surface area contributed by atoms with Crippen LogP contribution in [0.3, 0.4) is 0 Å². The Balaban J connectivity index is 1.64. The van der Waals surface area contributed by atoms with E-state index in [1.54, 1.807) is 6.07 Å². The minimum absolute atomic E-state index is 0.237. The van der Waals surface area contributed by atoms with E-state index in [-0.39, 0.29) is 42.1 Å². The summed E-state index contributed by atoms with van der Waals surface area (Å²) in [7, 11) is 0. The molecule has 1 aliphatic heterocycles. The van der Waals surface area contributed by atoms with Crippen LogP contribution in [-0.4, -0.2) is 29.2 Å². The van der Waals surface area contributed by atoms with Crippen LogP contribution in [0.15, 0.2) is 36.4 Å². The molecule has 1 fully saturated rings. The molecular formula is C18H19ClN2O3. The molecule has 0 unspecified atom stereocenters. The minimum atomic E-state index is -0.365. The predicted molar refractivity (Wildman–Crippen MR) is 90.1 cm³/mol. The van der Waals surface area contributed by atoms with Gasteiger partial charge in [-0.1, -0.05) is 42.0 Å². The zero-order valence-corrected chi connectivity index (χ0v) is 14.1. The summed E-state index contributed by atoms with van der Waals surface area (Å²) < 4.78 is 0. The van der Waals surface area contributed by atoms with E-state index >= 15 is 0 Å². The van der Waals surface area contributed by atoms with E-state index < -0.39 is 0 Å². The third-order valence-electron chi connectivity index (χ3n) is 4.65. The number of amides is 3. The summed E-state index contributed by atoms with van der Waals surface area (Å²) in [6.45, 7) is 1.58. The molecule has 1 aromatic carbocycles. The van der Waals surface area contributed by atoms with E-state index in [1.807, 2.05) is 37.3 Å².